The molecule has 0 spiro atoms. The molecule has 0 aromatic carbocycles. The molecule has 1 aliphatic rings. The number of nitrogens with zero attached hydrogens (tertiary/aromatic N) is 2. The van der Waals surface area contributed by atoms with E-state index in [9.17, 15) is 0 Å². The maximum absolute atomic E-state index is 6.95. The van der Waals surface area contributed by atoms with E-state index in [0.29, 0.717) is 25.2 Å². The lowest BCUT2D eigenvalue weighted by Gasteiger charge is -2.35. The lowest BCUT2D eigenvalue weighted by Crippen LogP contribution is -2.33. The van der Waals surface area contributed by atoms with E-state index in [1.165, 1.54) is 64.2 Å². The molecule has 0 aromatic rings. The highest BCUT2D eigenvalue weighted by atomic mass is 31.2. The standard InChI is InChI=1S/C22H43N2O2P/c1-20(2)24(21(3)4)27(26-19-17-23-5)25-18-13-9-12-16-22-14-10-7-6-8-11-15-22/h20-22H,6-19H2,1-4H3. The summed E-state index contributed by atoms with van der Waals surface area (Å²) in [5, 5.41) is 0. The summed E-state index contributed by atoms with van der Waals surface area (Å²) in [5.74, 6) is 0.970. The molecule has 1 unspecified atom stereocenters. The van der Waals surface area contributed by atoms with Gasteiger partial charge in [-0.1, -0.05) is 64.2 Å². The molecule has 1 saturated carbocycles. The van der Waals surface area contributed by atoms with Crippen molar-refractivity contribution >= 4 is 8.53 Å². The van der Waals surface area contributed by atoms with Gasteiger partial charge in [0.25, 0.3) is 8.53 Å². The van der Waals surface area contributed by atoms with E-state index in [4.69, 9.17) is 15.6 Å². The van der Waals surface area contributed by atoms with Gasteiger partial charge in [-0.2, -0.15) is 0 Å². The average Bonchev–Trinajstić information content (AvgIpc) is 2.58. The van der Waals surface area contributed by atoms with Crippen molar-refractivity contribution in [1.82, 2.24) is 4.67 Å². The van der Waals surface area contributed by atoms with Gasteiger partial charge in [0.15, 0.2) is 0 Å². The summed E-state index contributed by atoms with van der Waals surface area (Å²) in [5.41, 5.74) is 0. The third kappa shape index (κ3) is 11.4. The Morgan fingerprint density at radius 2 is 1.48 bits per heavy atom. The molecule has 0 radical (unpaired) electrons. The first-order valence-electron chi connectivity index (χ1n) is 11.2. The molecule has 1 atom stereocenters. The zero-order chi connectivity index (χ0) is 19.9. The molecule has 1 aliphatic carbocycles. The molecule has 5 heteroatoms. The van der Waals surface area contributed by atoms with E-state index in [2.05, 4.69) is 37.2 Å². The van der Waals surface area contributed by atoms with Crippen LogP contribution in [-0.4, -0.2) is 36.5 Å². The first kappa shape index (κ1) is 24.8. The maximum Gasteiger partial charge on any atom is 0.259 e. The minimum atomic E-state index is -1.06. The van der Waals surface area contributed by atoms with Crippen molar-refractivity contribution in [3.63, 3.8) is 0 Å². The molecule has 158 valence electrons. The van der Waals surface area contributed by atoms with Crippen molar-refractivity contribution in [3.8, 4) is 0 Å². The van der Waals surface area contributed by atoms with E-state index >= 15 is 0 Å². The van der Waals surface area contributed by atoms with Gasteiger partial charge >= 0.3 is 0 Å². The smallest absolute Gasteiger partial charge is 0.259 e. The Hall–Kier alpha value is -0.200. The maximum atomic E-state index is 6.95. The fourth-order valence-corrected chi connectivity index (χ4v) is 5.61. The highest BCUT2D eigenvalue weighted by molar-refractivity contribution is 7.44. The van der Waals surface area contributed by atoms with Gasteiger partial charge in [-0.3, -0.25) is 0 Å². The van der Waals surface area contributed by atoms with Crippen LogP contribution in [0.1, 0.15) is 98.3 Å². The van der Waals surface area contributed by atoms with E-state index in [1.54, 1.807) is 0 Å². The summed E-state index contributed by atoms with van der Waals surface area (Å²) in [6.07, 6.45) is 15.3. The molecule has 0 N–H and O–H groups in total. The Morgan fingerprint density at radius 1 is 0.889 bits per heavy atom. The fourth-order valence-electron chi connectivity index (χ4n) is 3.99. The van der Waals surface area contributed by atoms with Crippen LogP contribution in [0.5, 0.6) is 0 Å². The molecule has 1 fully saturated rings. The van der Waals surface area contributed by atoms with Gasteiger partial charge in [0, 0.05) is 12.1 Å². The topological polar surface area (TPSA) is 26.1 Å². The Bertz CT molecular complexity index is 382. The van der Waals surface area contributed by atoms with Gasteiger partial charge in [-0.05, 0) is 40.0 Å². The van der Waals surface area contributed by atoms with E-state index in [-0.39, 0.29) is 0 Å². The SMILES string of the molecule is [C-]#[N+]CCOP(OCCCCCC1CCCCCCC1)N(C(C)C)C(C)C. The highest BCUT2D eigenvalue weighted by Gasteiger charge is 2.27. The van der Waals surface area contributed by atoms with Gasteiger partial charge in [0.2, 0.25) is 6.54 Å². The zero-order valence-electron chi connectivity index (χ0n) is 18.3. The first-order valence-corrected chi connectivity index (χ1v) is 12.4. The van der Waals surface area contributed by atoms with Crippen molar-refractivity contribution in [2.45, 2.75) is 110 Å². The van der Waals surface area contributed by atoms with Gasteiger partial charge in [-0.15, -0.1) is 0 Å². The zero-order valence-corrected chi connectivity index (χ0v) is 19.2. The molecule has 27 heavy (non-hydrogen) atoms. The lowest BCUT2D eigenvalue weighted by atomic mass is 9.87. The van der Waals surface area contributed by atoms with Gasteiger partial charge in [0.05, 0.1) is 6.61 Å². The minimum Gasteiger partial charge on any atom is -0.322 e. The largest absolute Gasteiger partial charge is 0.322 e. The monoisotopic (exact) mass is 398 g/mol. The highest BCUT2D eigenvalue weighted by Crippen LogP contribution is 2.45. The van der Waals surface area contributed by atoms with E-state index < -0.39 is 8.53 Å². The van der Waals surface area contributed by atoms with Crippen molar-refractivity contribution < 1.29 is 9.05 Å². The molecular weight excluding hydrogens is 355 g/mol. The van der Waals surface area contributed by atoms with Gasteiger partial charge in [0.1, 0.15) is 6.61 Å². The lowest BCUT2D eigenvalue weighted by molar-refractivity contribution is 0.176. The minimum absolute atomic E-state index is 0.378. The predicted molar refractivity (Wildman–Crippen MR) is 117 cm³/mol. The number of rotatable bonds is 13. The van der Waals surface area contributed by atoms with Crippen LogP contribution in [0, 0.1) is 12.5 Å². The van der Waals surface area contributed by atoms with Crippen molar-refractivity contribution in [3.05, 3.63) is 11.4 Å². The average molecular weight is 399 g/mol. The van der Waals surface area contributed by atoms with Crippen LogP contribution in [0.15, 0.2) is 0 Å². The van der Waals surface area contributed by atoms with Crippen LogP contribution in [0.25, 0.3) is 4.85 Å². The predicted octanol–water partition coefficient (Wildman–Crippen LogP) is 7.21. The Balaban J connectivity index is 2.27. The van der Waals surface area contributed by atoms with Crippen molar-refractivity contribution in [1.29, 1.82) is 0 Å². The van der Waals surface area contributed by atoms with Crippen molar-refractivity contribution in [2.24, 2.45) is 5.92 Å². The van der Waals surface area contributed by atoms with Crippen LogP contribution < -0.4 is 0 Å². The van der Waals surface area contributed by atoms with E-state index in [1.807, 2.05) is 0 Å². The third-order valence-electron chi connectivity index (χ3n) is 5.33. The van der Waals surface area contributed by atoms with Crippen LogP contribution >= 0.6 is 8.53 Å². The second kappa shape index (κ2) is 15.7. The second-order valence-electron chi connectivity index (χ2n) is 8.41. The summed E-state index contributed by atoms with van der Waals surface area (Å²) in [6.45, 7) is 17.3. The molecule has 0 amide bonds. The molecular formula is C22H43N2O2P. The van der Waals surface area contributed by atoms with Gasteiger partial charge < -0.3 is 13.9 Å². The fraction of sp³-hybridized carbons (Fsp3) is 0.955. The van der Waals surface area contributed by atoms with Crippen LogP contribution in [0.4, 0.5) is 0 Å². The molecule has 0 aromatic heterocycles. The number of unbranched alkanes of at least 4 members (excludes halogenated alkanes) is 2. The molecule has 4 nitrogen and oxygen atoms in total. The quantitative estimate of drug-likeness (QED) is 0.186. The van der Waals surface area contributed by atoms with Crippen LogP contribution in [0.3, 0.4) is 0 Å². The van der Waals surface area contributed by atoms with E-state index in [0.717, 1.165) is 18.9 Å². The Labute approximate surface area is 170 Å². The first-order chi connectivity index (χ1) is 13.1. The Morgan fingerprint density at radius 3 is 2.07 bits per heavy atom. The summed E-state index contributed by atoms with van der Waals surface area (Å²) < 4.78 is 14.4. The Kier molecular flexibility index (Phi) is 14.4. The molecule has 0 aliphatic heterocycles. The summed E-state index contributed by atoms with van der Waals surface area (Å²) in [4.78, 5) is 3.40. The van der Waals surface area contributed by atoms with Crippen LogP contribution in [-0.2, 0) is 9.05 Å². The van der Waals surface area contributed by atoms with Crippen LogP contribution in [0.2, 0.25) is 0 Å². The molecule has 1 rings (SSSR count). The number of hydrogen-bond acceptors (Lipinski definition) is 3. The molecule has 0 heterocycles. The van der Waals surface area contributed by atoms with Crippen molar-refractivity contribution in [2.75, 3.05) is 19.8 Å². The summed E-state index contributed by atoms with van der Waals surface area (Å²) >= 11 is 0. The molecule has 0 bridgehead atoms. The number of hydrogen-bond donors (Lipinski definition) is 0. The summed E-state index contributed by atoms with van der Waals surface area (Å²) in [7, 11) is -1.06. The second-order valence-corrected chi connectivity index (χ2v) is 9.87. The third-order valence-corrected chi connectivity index (χ3v) is 7.44. The normalized spacial score (nSPS) is 17.9. The van der Waals surface area contributed by atoms with Gasteiger partial charge in [-0.25, -0.2) is 11.2 Å². The summed E-state index contributed by atoms with van der Waals surface area (Å²) in [6, 6.07) is 0.756. The molecule has 0 saturated heterocycles.